The van der Waals surface area contributed by atoms with Crippen LogP contribution in [-0.4, -0.2) is 43.2 Å². The topological polar surface area (TPSA) is 26.3 Å². The minimum absolute atomic E-state index is 0. The zero-order valence-electron chi connectivity index (χ0n) is 17.4. The van der Waals surface area contributed by atoms with Gasteiger partial charge in [0.05, 0.1) is 26.2 Å². The summed E-state index contributed by atoms with van der Waals surface area (Å²) in [5, 5.41) is 0.822. The van der Waals surface area contributed by atoms with Crippen LogP contribution in [-0.2, 0) is 16.0 Å². The molecule has 28 heavy (non-hydrogen) atoms. The maximum atomic E-state index is 12.4. The average Bonchev–Trinajstić information content (AvgIpc) is 2.66. The average molecular weight is 428 g/mol. The fourth-order valence-electron chi connectivity index (χ4n) is 3.81. The van der Waals surface area contributed by atoms with Gasteiger partial charge >= 0.3 is 5.97 Å². The van der Waals surface area contributed by atoms with E-state index < -0.39 is 0 Å². The number of carbonyl (C=O) groups excluding carboxylic acids is 1. The Bertz CT molecular complexity index is 625. The Morgan fingerprint density at radius 2 is 1.89 bits per heavy atom. The number of rotatable bonds is 10. The second-order valence-corrected chi connectivity index (χ2v) is 8.34. The number of hydrogen-bond acceptors (Lipinski definition) is 2. The van der Waals surface area contributed by atoms with Gasteiger partial charge in [-0.3, -0.25) is 0 Å². The van der Waals surface area contributed by atoms with E-state index in [2.05, 4.69) is 26.0 Å². The van der Waals surface area contributed by atoms with Crippen LogP contribution in [0.1, 0.15) is 57.9 Å². The van der Waals surface area contributed by atoms with E-state index >= 15 is 0 Å². The van der Waals surface area contributed by atoms with Crippen LogP contribution in [0.3, 0.4) is 0 Å². The van der Waals surface area contributed by atoms with Crippen molar-refractivity contribution in [2.24, 2.45) is 0 Å². The Morgan fingerprint density at radius 3 is 2.57 bits per heavy atom. The van der Waals surface area contributed by atoms with Gasteiger partial charge in [-0.05, 0) is 56.7 Å². The van der Waals surface area contributed by atoms with Crippen molar-refractivity contribution in [3.05, 3.63) is 46.5 Å². The van der Waals surface area contributed by atoms with Gasteiger partial charge < -0.3 is 21.6 Å². The first kappa shape index (κ1) is 25.0. The van der Waals surface area contributed by atoms with Crippen molar-refractivity contribution in [3.63, 3.8) is 0 Å². The van der Waals surface area contributed by atoms with Crippen molar-refractivity contribution in [2.45, 2.75) is 58.8 Å². The summed E-state index contributed by atoms with van der Waals surface area (Å²) in [5.41, 5.74) is 2.47. The Labute approximate surface area is 182 Å². The van der Waals surface area contributed by atoms with Crippen LogP contribution in [0.25, 0.3) is 0 Å². The zero-order valence-corrected chi connectivity index (χ0v) is 18.9. The number of likely N-dealkylation sites (tertiary alicyclic amines) is 1. The van der Waals surface area contributed by atoms with Crippen molar-refractivity contribution < 1.29 is 26.4 Å². The van der Waals surface area contributed by atoms with E-state index in [9.17, 15) is 4.79 Å². The molecule has 2 rings (SSSR count). The summed E-state index contributed by atoms with van der Waals surface area (Å²) in [7, 11) is 0. The number of unbranched alkanes of at least 4 members (excludes halogenated alkanes) is 2. The minimum atomic E-state index is -0.0369. The molecule has 0 N–H and O–H groups in total. The Hall–Kier alpha value is -1.03. The first-order chi connectivity index (χ1) is 13.0. The predicted molar refractivity (Wildman–Crippen MR) is 113 cm³/mol. The number of piperidine rings is 1. The summed E-state index contributed by atoms with van der Waals surface area (Å²) in [4.78, 5) is 12.4. The molecule has 0 aliphatic carbocycles. The highest BCUT2D eigenvalue weighted by molar-refractivity contribution is 6.31. The van der Waals surface area contributed by atoms with Crippen molar-refractivity contribution in [1.82, 2.24) is 0 Å². The van der Waals surface area contributed by atoms with Gasteiger partial charge in [0, 0.05) is 5.02 Å². The van der Waals surface area contributed by atoms with Crippen LogP contribution >= 0.6 is 11.6 Å². The fourth-order valence-corrected chi connectivity index (χ4v) is 4.01. The van der Waals surface area contributed by atoms with Gasteiger partial charge in [0.2, 0.25) is 0 Å². The number of carbonyl (C=O) groups is 1. The van der Waals surface area contributed by atoms with E-state index in [1.165, 1.54) is 24.8 Å². The molecule has 1 aromatic carbocycles. The molecule has 3 nitrogen and oxygen atoms in total. The lowest BCUT2D eigenvalue weighted by atomic mass is 10.0. The van der Waals surface area contributed by atoms with Crippen molar-refractivity contribution in [3.8, 4) is 0 Å². The maximum absolute atomic E-state index is 12.4. The molecular formula is C23H35Cl2NO2. The standard InChI is InChI=1S/C23H35ClNO2.ClH/c1-3-4-10-17-27-23(26)19-25(14-8-5-9-15-25)16-13-20(2)18-21-11-6-7-12-22(21)24;/h6-7,11-13H,3-5,8-10,14-19H2,1-2H3;1H/q+1;/p-1. The Balaban J connectivity index is 0.00000392. The highest BCUT2D eigenvalue weighted by Gasteiger charge is 2.32. The quantitative estimate of drug-likeness (QED) is 0.248. The van der Waals surface area contributed by atoms with E-state index in [1.807, 2.05) is 18.2 Å². The summed E-state index contributed by atoms with van der Waals surface area (Å²) in [6.07, 6.45) is 10.1. The van der Waals surface area contributed by atoms with Gasteiger partial charge in [-0.2, -0.15) is 0 Å². The van der Waals surface area contributed by atoms with Crippen LogP contribution < -0.4 is 12.4 Å². The number of allylic oxidation sites excluding steroid dienone is 1. The summed E-state index contributed by atoms with van der Waals surface area (Å²) in [6.45, 7) is 8.43. The SMILES string of the molecule is CCCCCOC(=O)C[N+]1(CC=C(C)Cc2ccccc2Cl)CCCCC1.[Cl-]. The van der Waals surface area contributed by atoms with Gasteiger partial charge in [-0.15, -0.1) is 0 Å². The maximum Gasteiger partial charge on any atom is 0.361 e. The highest BCUT2D eigenvalue weighted by Crippen LogP contribution is 2.22. The van der Waals surface area contributed by atoms with Crippen molar-refractivity contribution in [2.75, 3.05) is 32.8 Å². The number of halogens is 2. The van der Waals surface area contributed by atoms with E-state index in [4.69, 9.17) is 16.3 Å². The van der Waals surface area contributed by atoms with E-state index in [1.54, 1.807) is 0 Å². The highest BCUT2D eigenvalue weighted by atomic mass is 35.5. The lowest BCUT2D eigenvalue weighted by Crippen LogP contribution is -3.00. The van der Waals surface area contributed by atoms with E-state index in [0.717, 1.165) is 60.4 Å². The molecule has 0 aromatic heterocycles. The molecule has 1 saturated heterocycles. The van der Waals surface area contributed by atoms with Gasteiger partial charge in [0.15, 0.2) is 6.54 Å². The third kappa shape index (κ3) is 8.55. The van der Waals surface area contributed by atoms with Crippen LogP contribution in [0.5, 0.6) is 0 Å². The van der Waals surface area contributed by atoms with Gasteiger partial charge in [0.1, 0.15) is 0 Å². The first-order valence-electron chi connectivity index (χ1n) is 10.4. The first-order valence-corrected chi connectivity index (χ1v) is 10.8. The summed E-state index contributed by atoms with van der Waals surface area (Å²) < 4.78 is 6.34. The number of nitrogens with zero attached hydrogens (tertiary/aromatic N) is 1. The number of quaternary nitrogens is 1. The third-order valence-corrected chi connectivity index (χ3v) is 5.86. The van der Waals surface area contributed by atoms with Crippen molar-refractivity contribution >= 4 is 17.6 Å². The number of esters is 1. The number of benzene rings is 1. The molecule has 1 aliphatic rings. The van der Waals surface area contributed by atoms with Crippen LogP contribution in [0.2, 0.25) is 5.02 Å². The molecule has 158 valence electrons. The molecule has 1 heterocycles. The monoisotopic (exact) mass is 427 g/mol. The van der Waals surface area contributed by atoms with Crippen LogP contribution in [0.4, 0.5) is 0 Å². The smallest absolute Gasteiger partial charge is 0.361 e. The second kappa shape index (κ2) is 13.2. The molecule has 0 unspecified atom stereocenters. The van der Waals surface area contributed by atoms with Crippen molar-refractivity contribution in [1.29, 1.82) is 0 Å². The van der Waals surface area contributed by atoms with Gasteiger partial charge in [-0.25, -0.2) is 4.79 Å². The summed E-state index contributed by atoms with van der Waals surface area (Å²) in [5.74, 6) is -0.0369. The van der Waals surface area contributed by atoms with Crippen LogP contribution in [0.15, 0.2) is 35.9 Å². The van der Waals surface area contributed by atoms with Crippen LogP contribution in [0, 0.1) is 0 Å². The molecule has 0 radical (unpaired) electrons. The molecule has 5 heteroatoms. The molecule has 0 atom stereocenters. The number of ether oxygens (including phenoxy) is 1. The Kier molecular flexibility index (Phi) is 11.8. The Morgan fingerprint density at radius 1 is 1.18 bits per heavy atom. The second-order valence-electron chi connectivity index (χ2n) is 7.94. The number of hydrogen-bond donors (Lipinski definition) is 0. The normalized spacial score (nSPS) is 16.3. The third-order valence-electron chi connectivity index (χ3n) is 5.49. The lowest BCUT2D eigenvalue weighted by molar-refractivity contribution is -0.920. The molecular weight excluding hydrogens is 393 g/mol. The predicted octanol–water partition coefficient (Wildman–Crippen LogP) is 2.57. The molecule has 1 aromatic rings. The van der Waals surface area contributed by atoms with E-state index in [0.29, 0.717) is 13.2 Å². The molecule has 0 saturated carbocycles. The largest absolute Gasteiger partial charge is 1.00 e. The molecule has 0 bridgehead atoms. The molecule has 1 fully saturated rings. The molecule has 1 aliphatic heterocycles. The summed E-state index contributed by atoms with van der Waals surface area (Å²) in [6, 6.07) is 8.02. The molecule has 0 spiro atoms. The molecule has 0 amide bonds. The van der Waals surface area contributed by atoms with Gasteiger partial charge in [-0.1, -0.05) is 55.1 Å². The van der Waals surface area contributed by atoms with E-state index in [-0.39, 0.29) is 18.4 Å². The summed E-state index contributed by atoms with van der Waals surface area (Å²) >= 11 is 6.29. The van der Waals surface area contributed by atoms with Gasteiger partial charge in [0.25, 0.3) is 0 Å². The minimum Gasteiger partial charge on any atom is -1.00 e. The zero-order chi connectivity index (χ0) is 19.5. The lowest BCUT2D eigenvalue weighted by Gasteiger charge is -2.40. The fraction of sp³-hybridized carbons (Fsp3) is 0.609.